The molecule has 3 nitrogen and oxygen atoms in total. The van der Waals surface area contributed by atoms with E-state index in [9.17, 15) is 4.79 Å². The van der Waals surface area contributed by atoms with Crippen molar-refractivity contribution in [3.8, 4) is 0 Å². The van der Waals surface area contributed by atoms with Crippen LogP contribution in [0.3, 0.4) is 0 Å². The summed E-state index contributed by atoms with van der Waals surface area (Å²) in [4.78, 5) is 12.0. The molecule has 1 amide bonds. The van der Waals surface area contributed by atoms with Gasteiger partial charge in [-0.3, -0.25) is 4.79 Å². The molecular weight excluding hydrogens is 272 g/mol. The number of fused-ring (bicyclic) bond motifs is 1. The molecule has 3 heteroatoms. The standard InChI is InChI=1S/C19H16N2O/c1-14-6-4-9-16(12-14)19(22)21-20-13-17-10-5-8-15-7-2-3-11-18(15)17/h2-13H,1H3,(H,21,22)/b20-13+. The van der Waals surface area contributed by atoms with Crippen LogP contribution < -0.4 is 5.43 Å². The lowest BCUT2D eigenvalue weighted by Crippen LogP contribution is -2.17. The van der Waals surface area contributed by atoms with Crippen LogP contribution in [0.15, 0.2) is 71.8 Å². The summed E-state index contributed by atoms with van der Waals surface area (Å²) in [5.41, 5.74) is 5.20. The molecule has 0 spiro atoms. The van der Waals surface area contributed by atoms with Crippen LogP contribution in [0.4, 0.5) is 0 Å². The van der Waals surface area contributed by atoms with Crippen LogP contribution in [0, 0.1) is 6.92 Å². The van der Waals surface area contributed by atoms with Crippen molar-refractivity contribution in [1.82, 2.24) is 5.43 Å². The molecule has 3 rings (SSSR count). The Morgan fingerprint density at radius 3 is 2.64 bits per heavy atom. The van der Waals surface area contributed by atoms with Crippen molar-refractivity contribution in [3.05, 3.63) is 83.4 Å². The first kappa shape index (κ1) is 14.0. The average molecular weight is 288 g/mol. The molecule has 1 N–H and O–H groups in total. The van der Waals surface area contributed by atoms with Crippen LogP contribution in [-0.2, 0) is 0 Å². The monoisotopic (exact) mass is 288 g/mol. The SMILES string of the molecule is Cc1cccc(C(=O)N/N=C/c2cccc3ccccc23)c1. The molecule has 0 heterocycles. The summed E-state index contributed by atoms with van der Waals surface area (Å²) in [7, 11) is 0. The first-order valence-corrected chi connectivity index (χ1v) is 7.12. The summed E-state index contributed by atoms with van der Waals surface area (Å²) in [6.07, 6.45) is 1.68. The number of hydrogen-bond acceptors (Lipinski definition) is 2. The Morgan fingerprint density at radius 2 is 1.77 bits per heavy atom. The predicted molar refractivity (Wildman–Crippen MR) is 90.2 cm³/mol. The molecule has 0 aliphatic heterocycles. The molecule has 3 aromatic rings. The van der Waals surface area contributed by atoms with Gasteiger partial charge in [-0.05, 0) is 29.8 Å². The molecule has 0 aliphatic rings. The van der Waals surface area contributed by atoms with Gasteiger partial charge in [0.2, 0.25) is 0 Å². The Kier molecular flexibility index (Phi) is 3.97. The molecule has 22 heavy (non-hydrogen) atoms. The molecule has 0 aromatic heterocycles. The normalized spacial score (nSPS) is 11.0. The number of aryl methyl sites for hydroxylation is 1. The van der Waals surface area contributed by atoms with Gasteiger partial charge in [-0.1, -0.05) is 60.2 Å². The molecule has 108 valence electrons. The van der Waals surface area contributed by atoms with Crippen LogP contribution >= 0.6 is 0 Å². The lowest BCUT2D eigenvalue weighted by molar-refractivity contribution is 0.0955. The van der Waals surface area contributed by atoms with Crippen molar-refractivity contribution in [2.45, 2.75) is 6.92 Å². The highest BCUT2D eigenvalue weighted by atomic mass is 16.2. The van der Waals surface area contributed by atoms with Crippen LogP contribution in [0.5, 0.6) is 0 Å². The summed E-state index contributed by atoms with van der Waals surface area (Å²) < 4.78 is 0. The number of nitrogens with one attached hydrogen (secondary N) is 1. The molecule has 0 radical (unpaired) electrons. The largest absolute Gasteiger partial charge is 0.271 e. The second kappa shape index (κ2) is 6.22. The number of benzene rings is 3. The number of hydrogen-bond donors (Lipinski definition) is 1. The van der Waals surface area contributed by atoms with Gasteiger partial charge in [-0.15, -0.1) is 0 Å². The molecule has 0 saturated carbocycles. The van der Waals surface area contributed by atoms with Crippen molar-refractivity contribution >= 4 is 22.9 Å². The maximum Gasteiger partial charge on any atom is 0.271 e. The maximum atomic E-state index is 12.0. The van der Waals surface area contributed by atoms with Crippen molar-refractivity contribution < 1.29 is 4.79 Å². The number of carbonyl (C=O) groups is 1. The van der Waals surface area contributed by atoms with Gasteiger partial charge in [-0.2, -0.15) is 5.10 Å². The van der Waals surface area contributed by atoms with Gasteiger partial charge in [0.05, 0.1) is 6.21 Å². The molecular formula is C19H16N2O. The van der Waals surface area contributed by atoms with Gasteiger partial charge in [0.1, 0.15) is 0 Å². The summed E-state index contributed by atoms with van der Waals surface area (Å²) in [6, 6.07) is 21.5. The van der Waals surface area contributed by atoms with Crippen LogP contribution in [-0.4, -0.2) is 12.1 Å². The third-order valence-corrected chi connectivity index (χ3v) is 3.47. The molecule has 0 saturated heterocycles. The number of amides is 1. The fourth-order valence-electron chi connectivity index (χ4n) is 2.37. The minimum atomic E-state index is -0.208. The zero-order valence-corrected chi connectivity index (χ0v) is 12.3. The minimum absolute atomic E-state index is 0.208. The Bertz CT molecular complexity index is 847. The number of rotatable bonds is 3. The van der Waals surface area contributed by atoms with E-state index in [1.165, 1.54) is 0 Å². The maximum absolute atomic E-state index is 12.0. The summed E-state index contributed by atoms with van der Waals surface area (Å²) in [6.45, 7) is 1.95. The summed E-state index contributed by atoms with van der Waals surface area (Å²) in [5.74, 6) is -0.208. The van der Waals surface area contributed by atoms with Crippen molar-refractivity contribution in [1.29, 1.82) is 0 Å². The summed E-state index contributed by atoms with van der Waals surface area (Å²) >= 11 is 0. The third-order valence-electron chi connectivity index (χ3n) is 3.47. The average Bonchev–Trinajstić information content (AvgIpc) is 2.55. The fraction of sp³-hybridized carbons (Fsp3) is 0.0526. The van der Waals surface area contributed by atoms with Crippen molar-refractivity contribution in [2.75, 3.05) is 0 Å². The molecule has 0 bridgehead atoms. The van der Waals surface area contributed by atoms with Gasteiger partial charge in [-0.25, -0.2) is 5.43 Å². The molecule has 0 unspecified atom stereocenters. The van der Waals surface area contributed by atoms with Gasteiger partial charge in [0, 0.05) is 11.1 Å². The van der Waals surface area contributed by atoms with Gasteiger partial charge in [0.15, 0.2) is 0 Å². The Morgan fingerprint density at radius 1 is 1.00 bits per heavy atom. The number of hydrazone groups is 1. The Balaban J connectivity index is 1.78. The van der Waals surface area contributed by atoms with Crippen LogP contribution in [0.2, 0.25) is 0 Å². The lowest BCUT2D eigenvalue weighted by atomic mass is 10.1. The molecule has 0 fully saturated rings. The summed E-state index contributed by atoms with van der Waals surface area (Å²) in [5, 5.41) is 6.33. The van der Waals surface area contributed by atoms with E-state index in [0.717, 1.165) is 21.9 Å². The number of nitrogens with zero attached hydrogens (tertiary/aromatic N) is 1. The Hall–Kier alpha value is -2.94. The van der Waals surface area contributed by atoms with Crippen LogP contribution in [0.25, 0.3) is 10.8 Å². The minimum Gasteiger partial charge on any atom is -0.267 e. The molecule has 0 atom stereocenters. The van der Waals surface area contributed by atoms with E-state index in [4.69, 9.17) is 0 Å². The van der Waals surface area contributed by atoms with Gasteiger partial charge in [0.25, 0.3) is 5.91 Å². The van der Waals surface area contributed by atoms with E-state index < -0.39 is 0 Å². The first-order chi connectivity index (χ1) is 10.7. The van der Waals surface area contributed by atoms with Gasteiger partial charge < -0.3 is 0 Å². The molecule has 0 aliphatic carbocycles. The van der Waals surface area contributed by atoms with E-state index in [0.29, 0.717) is 5.56 Å². The molecule has 3 aromatic carbocycles. The van der Waals surface area contributed by atoms with Crippen molar-refractivity contribution in [3.63, 3.8) is 0 Å². The second-order valence-electron chi connectivity index (χ2n) is 5.14. The fourth-order valence-corrected chi connectivity index (χ4v) is 2.37. The first-order valence-electron chi connectivity index (χ1n) is 7.12. The van der Waals surface area contributed by atoms with Crippen LogP contribution in [0.1, 0.15) is 21.5 Å². The Labute approximate surface area is 129 Å². The van der Waals surface area contributed by atoms with Crippen molar-refractivity contribution in [2.24, 2.45) is 5.10 Å². The van der Waals surface area contributed by atoms with E-state index in [-0.39, 0.29) is 5.91 Å². The quantitative estimate of drug-likeness (QED) is 0.576. The zero-order chi connectivity index (χ0) is 15.4. The van der Waals surface area contributed by atoms with E-state index in [1.807, 2.05) is 55.5 Å². The zero-order valence-electron chi connectivity index (χ0n) is 12.3. The second-order valence-corrected chi connectivity index (χ2v) is 5.14. The smallest absolute Gasteiger partial charge is 0.267 e. The number of carbonyl (C=O) groups excluding carboxylic acids is 1. The van der Waals surface area contributed by atoms with E-state index >= 15 is 0 Å². The van der Waals surface area contributed by atoms with Gasteiger partial charge >= 0.3 is 0 Å². The highest BCUT2D eigenvalue weighted by molar-refractivity contribution is 6.00. The third kappa shape index (κ3) is 3.04. The highest BCUT2D eigenvalue weighted by Crippen LogP contribution is 2.16. The van der Waals surface area contributed by atoms with E-state index in [1.54, 1.807) is 12.3 Å². The highest BCUT2D eigenvalue weighted by Gasteiger charge is 2.03. The lowest BCUT2D eigenvalue weighted by Gasteiger charge is -2.02. The predicted octanol–water partition coefficient (Wildman–Crippen LogP) is 3.91. The van der Waals surface area contributed by atoms with E-state index in [2.05, 4.69) is 22.7 Å². The topological polar surface area (TPSA) is 41.5 Å².